The number of carbonyl (C=O) groups is 1. The van der Waals surface area contributed by atoms with Crippen LogP contribution in [0.1, 0.15) is 26.2 Å². The fourth-order valence-electron chi connectivity index (χ4n) is 2.55. The van der Waals surface area contributed by atoms with Gasteiger partial charge in [-0.25, -0.2) is 4.79 Å². The predicted octanol–water partition coefficient (Wildman–Crippen LogP) is 0.903. The van der Waals surface area contributed by atoms with Crippen LogP contribution in [-0.4, -0.2) is 67.8 Å². The van der Waals surface area contributed by atoms with Crippen LogP contribution in [0.25, 0.3) is 0 Å². The van der Waals surface area contributed by atoms with Gasteiger partial charge in [0.2, 0.25) is 0 Å². The van der Waals surface area contributed by atoms with Crippen LogP contribution in [0.15, 0.2) is 0 Å². The number of rotatable bonds is 4. The van der Waals surface area contributed by atoms with Gasteiger partial charge in [-0.2, -0.15) is 0 Å². The largest absolute Gasteiger partial charge is 0.377 e. The summed E-state index contributed by atoms with van der Waals surface area (Å²) >= 11 is 0. The molecular weight excluding hydrogens is 230 g/mol. The summed E-state index contributed by atoms with van der Waals surface area (Å²) in [7, 11) is 0. The molecule has 0 spiro atoms. The molecule has 104 valence electrons. The van der Waals surface area contributed by atoms with Gasteiger partial charge in [0.25, 0.3) is 0 Å². The van der Waals surface area contributed by atoms with Crippen LogP contribution in [-0.2, 0) is 4.74 Å². The van der Waals surface area contributed by atoms with Crippen LogP contribution in [0.2, 0.25) is 0 Å². The maximum atomic E-state index is 11.8. The molecule has 0 aromatic carbocycles. The van der Waals surface area contributed by atoms with Crippen molar-refractivity contribution in [3.05, 3.63) is 0 Å². The van der Waals surface area contributed by atoms with Gasteiger partial charge in [0.05, 0.1) is 6.10 Å². The lowest BCUT2D eigenvalue weighted by Gasteiger charge is -2.35. The van der Waals surface area contributed by atoms with Gasteiger partial charge in [-0.05, 0) is 19.3 Å². The number of nitrogens with one attached hydrogen (secondary N) is 1. The summed E-state index contributed by atoms with van der Waals surface area (Å²) in [4.78, 5) is 16.1. The maximum absolute atomic E-state index is 11.8. The summed E-state index contributed by atoms with van der Waals surface area (Å²) in [6, 6.07) is 0.0913. The average molecular weight is 255 g/mol. The van der Waals surface area contributed by atoms with Crippen molar-refractivity contribution in [1.29, 1.82) is 0 Å². The van der Waals surface area contributed by atoms with Crippen molar-refractivity contribution in [1.82, 2.24) is 15.1 Å². The molecule has 5 nitrogen and oxygen atoms in total. The van der Waals surface area contributed by atoms with Crippen molar-refractivity contribution in [2.45, 2.75) is 32.3 Å². The molecule has 0 aromatic rings. The van der Waals surface area contributed by atoms with E-state index in [0.29, 0.717) is 6.10 Å². The second kappa shape index (κ2) is 6.95. The van der Waals surface area contributed by atoms with Gasteiger partial charge in [0, 0.05) is 45.9 Å². The Bertz CT molecular complexity index is 259. The molecule has 2 aliphatic rings. The van der Waals surface area contributed by atoms with Crippen LogP contribution in [0, 0.1) is 0 Å². The molecule has 0 bridgehead atoms. The van der Waals surface area contributed by atoms with E-state index in [9.17, 15) is 4.79 Å². The van der Waals surface area contributed by atoms with Crippen molar-refractivity contribution in [2.75, 3.05) is 45.9 Å². The minimum Gasteiger partial charge on any atom is -0.377 e. The van der Waals surface area contributed by atoms with Crippen molar-refractivity contribution in [3.8, 4) is 0 Å². The second-order valence-corrected chi connectivity index (χ2v) is 5.15. The molecule has 2 saturated heterocycles. The van der Waals surface area contributed by atoms with Gasteiger partial charge < -0.3 is 15.0 Å². The standard InChI is InChI=1S/C13H25N3O2/c1-2-5-14-13(17)16-8-6-15(7-9-16)11-12-4-3-10-18-12/h12H,2-11H2,1H3,(H,14,17). The van der Waals surface area contributed by atoms with E-state index in [0.717, 1.165) is 52.3 Å². The fourth-order valence-corrected chi connectivity index (χ4v) is 2.55. The molecule has 5 heteroatoms. The molecule has 18 heavy (non-hydrogen) atoms. The summed E-state index contributed by atoms with van der Waals surface area (Å²) in [6.45, 7) is 8.41. The lowest BCUT2D eigenvalue weighted by Crippen LogP contribution is -2.53. The summed E-state index contributed by atoms with van der Waals surface area (Å²) in [5.74, 6) is 0. The van der Waals surface area contributed by atoms with Gasteiger partial charge in [-0.1, -0.05) is 6.92 Å². The number of carbonyl (C=O) groups excluding carboxylic acids is 1. The predicted molar refractivity (Wildman–Crippen MR) is 70.7 cm³/mol. The van der Waals surface area contributed by atoms with Gasteiger partial charge in [-0.3, -0.25) is 4.90 Å². The third kappa shape index (κ3) is 3.85. The Morgan fingerprint density at radius 1 is 1.33 bits per heavy atom. The normalized spacial score (nSPS) is 25.4. The lowest BCUT2D eigenvalue weighted by atomic mass is 10.2. The number of urea groups is 1. The van der Waals surface area contributed by atoms with E-state index in [1.165, 1.54) is 12.8 Å². The van der Waals surface area contributed by atoms with Crippen molar-refractivity contribution in [3.63, 3.8) is 0 Å². The molecule has 1 unspecified atom stereocenters. The molecule has 2 fully saturated rings. The molecule has 2 amide bonds. The van der Waals surface area contributed by atoms with E-state index in [4.69, 9.17) is 4.74 Å². The van der Waals surface area contributed by atoms with Crippen LogP contribution in [0.3, 0.4) is 0 Å². The third-order valence-corrected chi connectivity index (χ3v) is 3.67. The van der Waals surface area contributed by atoms with E-state index >= 15 is 0 Å². The van der Waals surface area contributed by atoms with Crippen molar-refractivity contribution < 1.29 is 9.53 Å². The first-order valence-electron chi connectivity index (χ1n) is 7.16. The summed E-state index contributed by atoms with van der Waals surface area (Å²) in [5.41, 5.74) is 0. The number of hydrogen-bond donors (Lipinski definition) is 1. The Balaban J connectivity index is 1.65. The van der Waals surface area contributed by atoms with Gasteiger partial charge in [0.1, 0.15) is 0 Å². The molecule has 1 atom stereocenters. The summed E-state index contributed by atoms with van der Waals surface area (Å²) in [5, 5.41) is 2.93. The molecule has 0 radical (unpaired) electrons. The van der Waals surface area contributed by atoms with Crippen molar-refractivity contribution in [2.24, 2.45) is 0 Å². The Morgan fingerprint density at radius 2 is 2.11 bits per heavy atom. The monoisotopic (exact) mass is 255 g/mol. The first-order chi connectivity index (χ1) is 8.79. The molecular formula is C13H25N3O2. The van der Waals surface area contributed by atoms with E-state index in [-0.39, 0.29) is 6.03 Å². The summed E-state index contributed by atoms with van der Waals surface area (Å²) < 4.78 is 5.65. The number of hydrogen-bond acceptors (Lipinski definition) is 3. The van der Waals surface area contributed by atoms with Crippen LogP contribution >= 0.6 is 0 Å². The zero-order valence-electron chi connectivity index (χ0n) is 11.4. The molecule has 1 N–H and O–H groups in total. The van der Waals surface area contributed by atoms with Gasteiger partial charge in [-0.15, -0.1) is 0 Å². The summed E-state index contributed by atoms with van der Waals surface area (Å²) in [6.07, 6.45) is 3.80. The minimum atomic E-state index is 0.0913. The van der Waals surface area contributed by atoms with Crippen molar-refractivity contribution >= 4 is 6.03 Å². The number of ether oxygens (including phenoxy) is 1. The molecule has 0 aromatic heterocycles. The molecule has 0 aliphatic carbocycles. The molecule has 2 rings (SSSR count). The molecule has 0 saturated carbocycles. The Labute approximate surface area is 109 Å². The van der Waals surface area contributed by atoms with Crippen LogP contribution in [0.4, 0.5) is 4.79 Å². The average Bonchev–Trinajstić information content (AvgIpc) is 2.89. The number of piperazine rings is 1. The highest BCUT2D eigenvalue weighted by Gasteiger charge is 2.24. The van der Waals surface area contributed by atoms with Crippen LogP contribution in [0.5, 0.6) is 0 Å². The third-order valence-electron chi connectivity index (χ3n) is 3.67. The highest BCUT2D eigenvalue weighted by Crippen LogP contribution is 2.14. The lowest BCUT2D eigenvalue weighted by molar-refractivity contribution is 0.0561. The second-order valence-electron chi connectivity index (χ2n) is 5.15. The van der Waals surface area contributed by atoms with E-state index in [2.05, 4.69) is 17.1 Å². The smallest absolute Gasteiger partial charge is 0.317 e. The highest BCUT2D eigenvalue weighted by atomic mass is 16.5. The van der Waals surface area contributed by atoms with E-state index < -0.39 is 0 Å². The zero-order valence-corrected chi connectivity index (χ0v) is 11.4. The number of nitrogens with zero attached hydrogens (tertiary/aromatic N) is 2. The minimum absolute atomic E-state index is 0.0913. The van der Waals surface area contributed by atoms with E-state index in [1.54, 1.807) is 0 Å². The fraction of sp³-hybridized carbons (Fsp3) is 0.923. The maximum Gasteiger partial charge on any atom is 0.317 e. The quantitative estimate of drug-likeness (QED) is 0.812. The molecule has 2 heterocycles. The number of amides is 2. The first kappa shape index (κ1) is 13.6. The first-order valence-corrected chi connectivity index (χ1v) is 7.16. The van der Waals surface area contributed by atoms with Gasteiger partial charge in [0.15, 0.2) is 0 Å². The van der Waals surface area contributed by atoms with Gasteiger partial charge >= 0.3 is 6.03 Å². The Hall–Kier alpha value is -0.810. The SMILES string of the molecule is CCCNC(=O)N1CCN(CC2CCCO2)CC1. The highest BCUT2D eigenvalue weighted by molar-refractivity contribution is 5.74. The Kier molecular flexibility index (Phi) is 5.26. The van der Waals surface area contributed by atoms with E-state index in [1.807, 2.05) is 4.90 Å². The zero-order chi connectivity index (χ0) is 12.8. The topological polar surface area (TPSA) is 44.8 Å². The molecule has 2 aliphatic heterocycles. The Morgan fingerprint density at radius 3 is 2.72 bits per heavy atom. The van der Waals surface area contributed by atoms with Crippen LogP contribution < -0.4 is 5.32 Å².